The summed E-state index contributed by atoms with van der Waals surface area (Å²) >= 11 is 0. The van der Waals surface area contributed by atoms with Crippen molar-refractivity contribution in [2.75, 3.05) is 6.61 Å². The molecule has 3 aromatic rings. The number of aromatic nitrogens is 4. The zero-order valence-electron chi connectivity index (χ0n) is 13.6. The molecule has 0 aliphatic carbocycles. The van der Waals surface area contributed by atoms with Gasteiger partial charge in [-0.25, -0.2) is 0 Å². The molecule has 3 rings (SSSR count). The third-order valence-corrected chi connectivity index (χ3v) is 3.62. The molecular weight excluding hydrogens is 292 g/mol. The van der Waals surface area contributed by atoms with Gasteiger partial charge in [0.2, 0.25) is 5.82 Å². The average molecular weight is 312 g/mol. The van der Waals surface area contributed by atoms with Crippen LogP contribution in [0.3, 0.4) is 0 Å². The Balaban J connectivity index is 1.65. The number of rotatable bonds is 6. The van der Waals surface area contributed by atoms with Crippen LogP contribution >= 0.6 is 0 Å². The Kier molecular flexibility index (Phi) is 4.41. The van der Waals surface area contributed by atoms with Gasteiger partial charge in [-0.1, -0.05) is 0 Å². The first kappa shape index (κ1) is 15.3. The molecule has 0 saturated heterocycles. The summed E-state index contributed by atoms with van der Waals surface area (Å²) in [6, 6.07) is 7.96. The molecule has 0 atom stereocenters. The van der Waals surface area contributed by atoms with Crippen molar-refractivity contribution in [1.82, 2.24) is 20.2 Å². The second kappa shape index (κ2) is 6.64. The SMILES string of the molecule is Cc1cc(-c2nnn(C)n2)cc(C)c1OCCCc1ccco1. The molecule has 0 bridgehead atoms. The maximum atomic E-state index is 5.96. The van der Waals surface area contributed by atoms with Crippen molar-refractivity contribution < 1.29 is 9.15 Å². The molecule has 120 valence electrons. The lowest BCUT2D eigenvalue weighted by Crippen LogP contribution is -2.02. The summed E-state index contributed by atoms with van der Waals surface area (Å²) in [7, 11) is 1.76. The molecule has 0 aliphatic rings. The second-order valence-electron chi connectivity index (χ2n) is 5.57. The van der Waals surface area contributed by atoms with Crippen LogP contribution in [0.5, 0.6) is 5.75 Å². The zero-order chi connectivity index (χ0) is 16.2. The molecule has 0 spiro atoms. The molecule has 0 fully saturated rings. The smallest absolute Gasteiger partial charge is 0.204 e. The number of nitrogens with zero attached hydrogens (tertiary/aromatic N) is 4. The summed E-state index contributed by atoms with van der Waals surface area (Å²) in [5.74, 6) is 2.55. The van der Waals surface area contributed by atoms with Gasteiger partial charge in [-0.2, -0.15) is 4.80 Å². The van der Waals surface area contributed by atoms with Gasteiger partial charge in [0, 0.05) is 12.0 Å². The first-order chi connectivity index (χ1) is 11.1. The molecule has 0 unspecified atom stereocenters. The summed E-state index contributed by atoms with van der Waals surface area (Å²) in [5.41, 5.74) is 3.10. The number of furan rings is 1. The van der Waals surface area contributed by atoms with E-state index in [1.807, 2.05) is 38.1 Å². The van der Waals surface area contributed by atoms with E-state index < -0.39 is 0 Å². The van der Waals surface area contributed by atoms with Crippen LogP contribution < -0.4 is 4.74 Å². The minimum atomic E-state index is 0.628. The zero-order valence-corrected chi connectivity index (χ0v) is 13.6. The highest BCUT2D eigenvalue weighted by atomic mass is 16.5. The largest absolute Gasteiger partial charge is 0.493 e. The fourth-order valence-electron chi connectivity index (χ4n) is 2.58. The molecule has 0 N–H and O–H groups in total. The highest BCUT2D eigenvalue weighted by molar-refractivity contribution is 5.60. The van der Waals surface area contributed by atoms with Gasteiger partial charge >= 0.3 is 0 Å². The standard InChI is InChI=1S/C17H20N4O2/c1-12-10-14(17-18-20-21(3)19-17)11-13(2)16(12)23-9-5-7-15-6-4-8-22-15/h4,6,8,10-11H,5,7,9H2,1-3H3. The minimum absolute atomic E-state index is 0.628. The van der Waals surface area contributed by atoms with Gasteiger partial charge in [0.1, 0.15) is 11.5 Å². The number of ether oxygens (including phenoxy) is 1. The van der Waals surface area contributed by atoms with E-state index >= 15 is 0 Å². The molecular formula is C17H20N4O2. The Morgan fingerprint density at radius 1 is 1.22 bits per heavy atom. The number of hydrogen-bond acceptors (Lipinski definition) is 5. The average Bonchev–Trinajstić information content (AvgIpc) is 3.17. The van der Waals surface area contributed by atoms with Gasteiger partial charge in [0.25, 0.3) is 0 Å². The normalized spacial score (nSPS) is 10.9. The lowest BCUT2D eigenvalue weighted by atomic mass is 10.1. The van der Waals surface area contributed by atoms with Gasteiger partial charge in [0.05, 0.1) is 19.9 Å². The van der Waals surface area contributed by atoms with Gasteiger partial charge < -0.3 is 9.15 Å². The van der Waals surface area contributed by atoms with Crippen LogP contribution in [-0.2, 0) is 13.5 Å². The predicted molar refractivity (Wildman–Crippen MR) is 86.2 cm³/mol. The van der Waals surface area contributed by atoms with Gasteiger partial charge in [-0.05, 0) is 60.9 Å². The maximum Gasteiger partial charge on any atom is 0.204 e. The van der Waals surface area contributed by atoms with Crippen LogP contribution in [0.2, 0.25) is 0 Å². The van der Waals surface area contributed by atoms with Crippen LogP contribution in [-0.4, -0.2) is 26.8 Å². The lowest BCUT2D eigenvalue weighted by Gasteiger charge is -2.13. The van der Waals surface area contributed by atoms with Crippen molar-refractivity contribution in [2.45, 2.75) is 26.7 Å². The molecule has 1 aromatic carbocycles. The lowest BCUT2D eigenvalue weighted by molar-refractivity contribution is 0.302. The van der Waals surface area contributed by atoms with E-state index in [0.717, 1.165) is 41.0 Å². The number of hydrogen-bond donors (Lipinski definition) is 0. The molecule has 6 nitrogen and oxygen atoms in total. The summed E-state index contributed by atoms with van der Waals surface area (Å²) in [6.07, 6.45) is 3.50. The Morgan fingerprint density at radius 3 is 2.61 bits per heavy atom. The van der Waals surface area contributed by atoms with Gasteiger partial charge in [-0.3, -0.25) is 0 Å². The monoisotopic (exact) mass is 312 g/mol. The van der Waals surface area contributed by atoms with Crippen molar-refractivity contribution in [3.63, 3.8) is 0 Å². The first-order valence-electron chi connectivity index (χ1n) is 7.64. The molecule has 0 saturated carbocycles. The van der Waals surface area contributed by atoms with Crippen LogP contribution in [0.1, 0.15) is 23.3 Å². The van der Waals surface area contributed by atoms with Crippen molar-refractivity contribution >= 4 is 0 Å². The molecule has 0 radical (unpaired) electrons. The van der Waals surface area contributed by atoms with E-state index in [9.17, 15) is 0 Å². The quantitative estimate of drug-likeness (QED) is 0.654. The van der Waals surface area contributed by atoms with E-state index in [4.69, 9.17) is 9.15 Å². The third kappa shape index (κ3) is 3.59. The molecule has 6 heteroatoms. The van der Waals surface area contributed by atoms with Crippen LogP contribution in [0.4, 0.5) is 0 Å². The molecule has 2 aromatic heterocycles. The van der Waals surface area contributed by atoms with E-state index in [1.165, 1.54) is 4.80 Å². The predicted octanol–water partition coefficient (Wildman–Crippen LogP) is 3.10. The van der Waals surface area contributed by atoms with E-state index in [-0.39, 0.29) is 0 Å². The van der Waals surface area contributed by atoms with E-state index in [0.29, 0.717) is 12.4 Å². The molecule has 2 heterocycles. The van der Waals surface area contributed by atoms with Gasteiger partial charge in [-0.15, -0.1) is 10.2 Å². The highest BCUT2D eigenvalue weighted by Crippen LogP contribution is 2.28. The van der Waals surface area contributed by atoms with Crippen molar-refractivity contribution in [3.8, 4) is 17.1 Å². The van der Waals surface area contributed by atoms with Crippen LogP contribution in [0.25, 0.3) is 11.4 Å². The molecule has 23 heavy (non-hydrogen) atoms. The van der Waals surface area contributed by atoms with Crippen LogP contribution in [0, 0.1) is 13.8 Å². The van der Waals surface area contributed by atoms with Crippen molar-refractivity contribution in [2.24, 2.45) is 7.05 Å². The van der Waals surface area contributed by atoms with Crippen LogP contribution in [0.15, 0.2) is 34.9 Å². The Bertz CT molecular complexity index is 755. The Hall–Kier alpha value is -2.63. The Labute approximate surface area is 135 Å². The number of benzene rings is 1. The first-order valence-corrected chi connectivity index (χ1v) is 7.64. The summed E-state index contributed by atoms with van der Waals surface area (Å²) in [6.45, 7) is 4.73. The third-order valence-electron chi connectivity index (χ3n) is 3.62. The molecule has 0 aliphatic heterocycles. The number of tetrazole rings is 1. The van der Waals surface area contributed by atoms with Crippen molar-refractivity contribution in [1.29, 1.82) is 0 Å². The minimum Gasteiger partial charge on any atom is -0.493 e. The topological polar surface area (TPSA) is 66.0 Å². The maximum absolute atomic E-state index is 5.96. The highest BCUT2D eigenvalue weighted by Gasteiger charge is 2.11. The summed E-state index contributed by atoms with van der Waals surface area (Å²) in [5, 5.41) is 12.2. The van der Waals surface area contributed by atoms with E-state index in [1.54, 1.807) is 13.3 Å². The van der Waals surface area contributed by atoms with Gasteiger partial charge in [0.15, 0.2) is 0 Å². The van der Waals surface area contributed by atoms with E-state index in [2.05, 4.69) is 15.4 Å². The fourth-order valence-corrected chi connectivity index (χ4v) is 2.58. The second-order valence-corrected chi connectivity index (χ2v) is 5.57. The summed E-state index contributed by atoms with van der Waals surface area (Å²) in [4.78, 5) is 1.46. The fraction of sp³-hybridized carbons (Fsp3) is 0.353. The molecule has 0 amide bonds. The summed E-state index contributed by atoms with van der Waals surface area (Å²) < 4.78 is 11.3. The Morgan fingerprint density at radius 2 is 2.00 bits per heavy atom. The number of aryl methyl sites for hydroxylation is 4. The van der Waals surface area contributed by atoms with Crippen molar-refractivity contribution in [3.05, 3.63) is 47.4 Å².